The van der Waals surface area contributed by atoms with Gasteiger partial charge in [0.05, 0.1) is 5.75 Å². The van der Waals surface area contributed by atoms with Crippen LogP contribution in [-0.4, -0.2) is 59.2 Å². The van der Waals surface area contributed by atoms with Crippen LogP contribution in [-0.2, 0) is 14.6 Å². The number of ether oxygens (including phenoxy) is 1. The van der Waals surface area contributed by atoms with Gasteiger partial charge in [-0.3, -0.25) is 4.99 Å². The van der Waals surface area contributed by atoms with E-state index in [4.69, 9.17) is 4.74 Å². The molecular weight excluding hydrogens is 393 g/mol. The molecular formula is C12H28IN3O3S. The van der Waals surface area contributed by atoms with Crippen LogP contribution in [0.5, 0.6) is 0 Å². The SMILES string of the molecule is CCNC(=NCCCOC)NC(C)CCS(C)(=O)=O.I. The lowest BCUT2D eigenvalue weighted by Crippen LogP contribution is -2.42. The Hall–Kier alpha value is -0.0900. The molecule has 0 aromatic heterocycles. The lowest BCUT2D eigenvalue weighted by Gasteiger charge is -2.17. The van der Waals surface area contributed by atoms with E-state index in [1.54, 1.807) is 7.11 Å². The Labute approximate surface area is 140 Å². The number of aliphatic imine (C=N–C) groups is 1. The van der Waals surface area contributed by atoms with Crippen molar-refractivity contribution in [1.29, 1.82) is 0 Å². The van der Waals surface area contributed by atoms with Crippen LogP contribution in [0.1, 0.15) is 26.7 Å². The molecule has 8 heteroatoms. The fourth-order valence-corrected chi connectivity index (χ4v) is 2.20. The van der Waals surface area contributed by atoms with Crippen LogP contribution >= 0.6 is 24.0 Å². The summed E-state index contributed by atoms with van der Waals surface area (Å²) in [5.74, 6) is 0.907. The normalized spacial score (nSPS) is 13.5. The van der Waals surface area contributed by atoms with Gasteiger partial charge in [0.2, 0.25) is 0 Å². The van der Waals surface area contributed by atoms with E-state index in [2.05, 4.69) is 15.6 Å². The summed E-state index contributed by atoms with van der Waals surface area (Å²) < 4.78 is 27.2. The molecule has 1 atom stereocenters. The van der Waals surface area contributed by atoms with Crippen LogP contribution in [0, 0.1) is 0 Å². The fraction of sp³-hybridized carbons (Fsp3) is 0.917. The molecule has 0 aromatic carbocycles. The first-order valence-electron chi connectivity index (χ1n) is 6.60. The minimum absolute atomic E-state index is 0. The number of nitrogens with one attached hydrogen (secondary N) is 2. The third kappa shape index (κ3) is 14.3. The standard InChI is InChI=1S/C12H27N3O3S.HI/c1-5-13-12(14-8-6-9-18-3)15-11(2)7-10-19(4,16)17;/h11H,5-10H2,1-4H3,(H2,13,14,15);1H. The van der Waals surface area contributed by atoms with Gasteiger partial charge < -0.3 is 15.4 Å². The van der Waals surface area contributed by atoms with E-state index in [-0.39, 0.29) is 35.8 Å². The number of methoxy groups -OCH3 is 1. The molecule has 0 radical (unpaired) electrons. The van der Waals surface area contributed by atoms with E-state index in [9.17, 15) is 8.42 Å². The van der Waals surface area contributed by atoms with Crippen LogP contribution in [0.2, 0.25) is 0 Å². The zero-order chi connectivity index (χ0) is 14.7. The first-order valence-corrected chi connectivity index (χ1v) is 8.66. The van der Waals surface area contributed by atoms with Crippen LogP contribution in [0.15, 0.2) is 4.99 Å². The van der Waals surface area contributed by atoms with E-state index in [1.165, 1.54) is 6.26 Å². The lowest BCUT2D eigenvalue weighted by molar-refractivity contribution is 0.197. The first kappa shape index (κ1) is 22.2. The maximum Gasteiger partial charge on any atom is 0.191 e. The molecule has 0 bridgehead atoms. The molecule has 20 heavy (non-hydrogen) atoms. The van der Waals surface area contributed by atoms with Gasteiger partial charge in [-0.15, -0.1) is 24.0 Å². The fourth-order valence-electron chi connectivity index (χ4n) is 1.42. The smallest absolute Gasteiger partial charge is 0.191 e. The Morgan fingerprint density at radius 1 is 1.40 bits per heavy atom. The van der Waals surface area contributed by atoms with Crippen molar-refractivity contribution in [3.05, 3.63) is 0 Å². The van der Waals surface area contributed by atoms with Crippen molar-refractivity contribution < 1.29 is 13.2 Å². The molecule has 2 N–H and O–H groups in total. The summed E-state index contributed by atoms with van der Waals surface area (Å²) in [7, 11) is -1.24. The van der Waals surface area contributed by atoms with Gasteiger partial charge in [0.1, 0.15) is 9.84 Å². The topological polar surface area (TPSA) is 79.8 Å². The maximum absolute atomic E-state index is 11.1. The molecule has 0 fully saturated rings. The summed E-state index contributed by atoms with van der Waals surface area (Å²) in [5, 5.41) is 6.34. The van der Waals surface area contributed by atoms with Gasteiger partial charge >= 0.3 is 0 Å². The van der Waals surface area contributed by atoms with Crippen molar-refractivity contribution in [3.8, 4) is 0 Å². The quantitative estimate of drug-likeness (QED) is 0.252. The number of halogens is 1. The maximum atomic E-state index is 11.1. The predicted octanol–water partition coefficient (Wildman–Crippen LogP) is 1.02. The minimum atomic E-state index is -2.91. The molecule has 0 saturated carbocycles. The van der Waals surface area contributed by atoms with Crippen molar-refractivity contribution in [2.45, 2.75) is 32.7 Å². The highest BCUT2D eigenvalue weighted by atomic mass is 127. The van der Waals surface area contributed by atoms with E-state index >= 15 is 0 Å². The molecule has 0 heterocycles. The van der Waals surface area contributed by atoms with Crippen LogP contribution in [0.3, 0.4) is 0 Å². The second-order valence-electron chi connectivity index (χ2n) is 4.57. The van der Waals surface area contributed by atoms with E-state index in [0.717, 1.165) is 18.9 Å². The number of nitrogens with zero attached hydrogens (tertiary/aromatic N) is 1. The number of rotatable bonds is 9. The lowest BCUT2D eigenvalue weighted by atomic mass is 10.3. The van der Waals surface area contributed by atoms with Gasteiger partial charge in [-0.2, -0.15) is 0 Å². The second kappa shape index (κ2) is 12.6. The summed E-state index contributed by atoms with van der Waals surface area (Å²) >= 11 is 0. The molecule has 0 aliphatic heterocycles. The van der Waals surface area contributed by atoms with E-state index in [1.807, 2.05) is 13.8 Å². The second-order valence-corrected chi connectivity index (χ2v) is 6.83. The van der Waals surface area contributed by atoms with Crippen LogP contribution in [0.25, 0.3) is 0 Å². The first-order chi connectivity index (χ1) is 8.89. The van der Waals surface area contributed by atoms with E-state index < -0.39 is 9.84 Å². The van der Waals surface area contributed by atoms with Gasteiger partial charge in [0.15, 0.2) is 5.96 Å². The highest BCUT2D eigenvalue weighted by Crippen LogP contribution is 1.95. The number of hydrogen-bond donors (Lipinski definition) is 2. The zero-order valence-corrected chi connectivity index (χ0v) is 16.0. The average molecular weight is 421 g/mol. The number of sulfone groups is 1. The molecule has 0 aliphatic rings. The van der Waals surface area contributed by atoms with Gasteiger partial charge in [-0.1, -0.05) is 0 Å². The zero-order valence-electron chi connectivity index (χ0n) is 12.8. The molecule has 1 unspecified atom stereocenters. The molecule has 0 rings (SSSR count). The Morgan fingerprint density at radius 3 is 2.55 bits per heavy atom. The van der Waals surface area contributed by atoms with Crippen molar-refractivity contribution in [2.75, 3.05) is 38.8 Å². The molecule has 0 spiro atoms. The minimum Gasteiger partial charge on any atom is -0.385 e. The summed E-state index contributed by atoms with van der Waals surface area (Å²) in [4.78, 5) is 4.40. The highest BCUT2D eigenvalue weighted by Gasteiger charge is 2.09. The van der Waals surface area contributed by atoms with Crippen molar-refractivity contribution in [3.63, 3.8) is 0 Å². The van der Waals surface area contributed by atoms with Crippen LogP contribution in [0.4, 0.5) is 0 Å². The van der Waals surface area contributed by atoms with Crippen molar-refractivity contribution >= 4 is 39.8 Å². The average Bonchev–Trinajstić information content (AvgIpc) is 2.31. The van der Waals surface area contributed by atoms with Gasteiger partial charge in [0.25, 0.3) is 0 Å². The van der Waals surface area contributed by atoms with Crippen molar-refractivity contribution in [2.24, 2.45) is 4.99 Å². The Morgan fingerprint density at radius 2 is 2.05 bits per heavy atom. The van der Waals surface area contributed by atoms with Crippen molar-refractivity contribution in [1.82, 2.24) is 10.6 Å². The summed E-state index contributed by atoms with van der Waals surface area (Å²) in [5.41, 5.74) is 0. The van der Waals surface area contributed by atoms with Gasteiger partial charge in [-0.05, 0) is 26.7 Å². The molecule has 6 nitrogen and oxygen atoms in total. The monoisotopic (exact) mass is 421 g/mol. The number of hydrogen-bond acceptors (Lipinski definition) is 4. The van der Waals surface area contributed by atoms with E-state index in [0.29, 0.717) is 19.6 Å². The summed E-state index contributed by atoms with van der Waals surface area (Å²) in [6.45, 7) is 6.09. The molecule has 0 amide bonds. The third-order valence-electron chi connectivity index (χ3n) is 2.43. The Bertz CT molecular complexity index is 361. The van der Waals surface area contributed by atoms with Crippen LogP contribution < -0.4 is 10.6 Å². The third-order valence-corrected chi connectivity index (χ3v) is 3.40. The molecule has 122 valence electrons. The highest BCUT2D eigenvalue weighted by molar-refractivity contribution is 14.0. The van der Waals surface area contributed by atoms with Gasteiger partial charge in [-0.25, -0.2) is 8.42 Å². The van der Waals surface area contributed by atoms with Gasteiger partial charge in [0, 0.05) is 39.1 Å². The largest absolute Gasteiger partial charge is 0.385 e. The Balaban J connectivity index is 0. The molecule has 0 aliphatic carbocycles. The summed E-state index contributed by atoms with van der Waals surface area (Å²) in [6, 6.07) is 0.0648. The summed E-state index contributed by atoms with van der Waals surface area (Å²) in [6.07, 6.45) is 2.69. The number of guanidine groups is 1. The Kier molecular flexibility index (Phi) is 14.0. The predicted molar refractivity (Wildman–Crippen MR) is 94.8 cm³/mol. The molecule has 0 aromatic rings. The molecule has 0 saturated heterocycles.